The van der Waals surface area contributed by atoms with Crippen LogP contribution in [-0.4, -0.2) is 37.0 Å². The molecule has 0 aliphatic carbocycles. The number of hydrogen-bond donors (Lipinski definition) is 1. The van der Waals surface area contributed by atoms with E-state index in [2.05, 4.69) is 48.2 Å². The number of hydrogen-bond acceptors (Lipinski definition) is 2. The first-order valence-electron chi connectivity index (χ1n) is 11.6. The molecule has 0 unspecified atom stereocenters. The quantitative estimate of drug-likeness (QED) is 0.797. The largest absolute Gasteiger partial charge is 0.489 e. The molecule has 0 bridgehead atoms. The van der Waals surface area contributed by atoms with Crippen LogP contribution in [0.1, 0.15) is 43.7 Å². The first kappa shape index (κ1) is 20.9. The van der Waals surface area contributed by atoms with Crippen molar-refractivity contribution in [3.8, 4) is 5.75 Å². The zero-order chi connectivity index (χ0) is 20.8. The standard InChI is InChI=1S/C26H34N2O2/c1-21-6-5-15-28(18-21)26(29)24-13-16-27(17-14-24)19-22-9-11-25(12-10-22)30-20-23-7-3-2-4-8-23/h2-4,7-12,21,24H,5-6,13-20H2,1H3/p+1/t21-/m1/s1. The van der Waals surface area contributed by atoms with E-state index in [0.717, 1.165) is 51.3 Å². The Morgan fingerprint density at radius 2 is 1.73 bits per heavy atom. The fourth-order valence-corrected chi connectivity index (χ4v) is 4.83. The predicted octanol–water partition coefficient (Wildman–Crippen LogP) is 3.32. The van der Waals surface area contributed by atoms with Crippen LogP contribution in [0.25, 0.3) is 0 Å². The summed E-state index contributed by atoms with van der Waals surface area (Å²) in [4.78, 5) is 16.6. The monoisotopic (exact) mass is 407 g/mol. The van der Waals surface area contributed by atoms with Gasteiger partial charge >= 0.3 is 0 Å². The minimum Gasteiger partial charge on any atom is -0.489 e. The average Bonchev–Trinajstić information content (AvgIpc) is 2.79. The number of nitrogens with one attached hydrogen (secondary N) is 1. The Bertz CT molecular complexity index is 798. The summed E-state index contributed by atoms with van der Waals surface area (Å²) in [5.41, 5.74) is 2.52. The molecule has 0 saturated carbocycles. The number of carbonyl (C=O) groups excluding carboxylic acids is 1. The molecule has 1 N–H and O–H groups in total. The van der Waals surface area contributed by atoms with Crippen molar-refractivity contribution in [2.24, 2.45) is 11.8 Å². The molecule has 1 amide bonds. The summed E-state index contributed by atoms with van der Waals surface area (Å²) in [5.74, 6) is 2.24. The van der Waals surface area contributed by atoms with Crippen LogP contribution >= 0.6 is 0 Å². The van der Waals surface area contributed by atoms with Crippen molar-refractivity contribution in [2.75, 3.05) is 26.2 Å². The second-order valence-corrected chi connectivity index (χ2v) is 9.15. The van der Waals surface area contributed by atoms with Gasteiger partial charge in [-0.2, -0.15) is 0 Å². The molecule has 2 fully saturated rings. The summed E-state index contributed by atoms with van der Waals surface area (Å²) in [6.07, 6.45) is 4.49. The lowest BCUT2D eigenvalue weighted by Gasteiger charge is -2.36. The van der Waals surface area contributed by atoms with Gasteiger partial charge in [0.15, 0.2) is 0 Å². The number of piperidine rings is 2. The number of ether oxygens (including phenoxy) is 1. The lowest BCUT2D eigenvalue weighted by atomic mass is 9.92. The van der Waals surface area contributed by atoms with Crippen LogP contribution in [-0.2, 0) is 17.9 Å². The van der Waals surface area contributed by atoms with Crippen molar-refractivity contribution < 1.29 is 14.4 Å². The van der Waals surface area contributed by atoms with Crippen LogP contribution < -0.4 is 9.64 Å². The molecule has 1 atom stereocenters. The molecule has 0 aromatic heterocycles. The minimum atomic E-state index is 0.243. The van der Waals surface area contributed by atoms with E-state index in [4.69, 9.17) is 4.74 Å². The number of nitrogens with zero attached hydrogens (tertiary/aromatic N) is 1. The van der Waals surface area contributed by atoms with Gasteiger partial charge < -0.3 is 14.5 Å². The van der Waals surface area contributed by atoms with Gasteiger partial charge in [0.05, 0.1) is 13.1 Å². The number of benzene rings is 2. The van der Waals surface area contributed by atoms with Gasteiger partial charge in [-0.15, -0.1) is 0 Å². The summed E-state index contributed by atoms with van der Waals surface area (Å²) in [5, 5.41) is 0. The summed E-state index contributed by atoms with van der Waals surface area (Å²) < 4.78 is 5.89. The van der Waals surface area contributed by atoms with Crippen molar-refractivity contribution >= 4 is 5.91 Å². The van der Waals surface area contributed by atoms with Crippen molar-refractivity contribution in [3.05, 3.63) is 65.7 Å². The maximum atomic E-state index is 12.9. The van der Waals surface area contributed by atoms with Crippen LogP contribution in [0.5, 0.6) is 5.75 Å². The Labute approximate surface area is 180 Å². The average molecular weight is 408 g/mol. The lowest BCUT2D eigenvalue weighted by Crippen LogP contribution is -3.11. The SMILES string of the molecule is C[C@@H]1CCCN(C(=O)C2CC[NH+](Cc3ccc(OCc4ccccc4)cc3)CC2)C1. The van der Waals surface area contributed by atoms with Crippen molar-refractivity contribution in [2.45, 2.75) is 45.8 Å². The highest BCUT2D eigenvalue weighted by molar-refractivity contribution is 5.79. The Hall–Kier alpha value is -2.33. The fraction of sp³-hybridized carbons (Fsp3) is 0.500. The Kier molecular flexibility index (Phi) is 7.06. The van der Waals surface area contributed by atoms with Gasteiger partial charge in [0.1, 0.15) is 18.9 Å². The zero-order valence-corrected chi connectivity index (χ0v) is 18.2. The first-order chi connectivity index (χ1) is 14.7. The summed E-state index contributed by atoms with van der Waals surface area (Å²) in [6.45, 7) is 8.01. The topological polar surface area (TPSA) is 34.0 Å². The van der Waals surface area contributed by atoms with E-state index in [1.54, 1.807) is 4.90 Å². The molecule has 2 aromatic carbocycles. The van der Waals surface area contributed by atoms with Gasteiger partial charge in [-0.3, -0.25) is 4.79 Å². The molecule has 160 valence electrons. The number of rotatable bonds is 6. The van der Waals surface area contributed by atoms with Crippen LogP contribution in [0.3, 0.4) is 0 Å². The number of likely N-dealkylation sites (tertiary alicyclic amines) is 2. The molecule has 2 heterocycles. The zero-order valence-electron chi connectivity index (χ0n) is 18.2. The fourth-order valence-electron chi connectivity index (χ4n) is 4.83. The smallest absolute Gasteiger partial charge is 0.226 e. The van der Waals surface area contributed by atoms with Crippen molar-refractivity contribution in [3.63, 3.8) is 0 Å². The molecule has 2 saturated heterocycles. The van der Waals surface area contributed by atoms with E-state index in [9.17, 15) is 4.79 Å². The van der Waals surface area contributed by atoms with Crippen LogP contribution in [0.2, 0.25) is 0 Å². The Morgan fingerprint density at radius 1 is 1.00 bits per heavy atom. The van der Waals surface area contributed by atoms with Gasteiger partial charge in [0, 0.05) is 37.4 Å². The molecule has 0 spiro atoms. The summed E-state index contributed by atoms with van der Waals surface area (Å²) in [7, 11) is 0. The van der Waals surface area contributed by atoms with Gasteiger partial charge in [-0.05, 0) is 48.6 Å². The van der Waals surface area contributed by atoms with Gasteiger partial charge in [0.25, 0.3) is 0 Å². The molecule has 2 aliphatic rings. The molecule has 2 aromatic rings. The molecular weight excluding hydrogens is 372 g/mol. The van der Waals surface area contributed by atoms with E-state index < -0.39 is 0 Å². The van der Waals surface area contributed by atoms with Crippen LogP contribution in [0.4, 0.5) is 0 Å². The molecule has 0 radical (unpaired) electrons. The highest BCUT2D eigenvalue weighted by Gasteiger charge is 2.32. The third kappa shape index (κ3) is 5.63. The maximum absolute atomic E-state index is 12.9. The highest BCUT2D eigenvalue weighted by atomic mass is 16.5. The van der Waals surface area contributed by atoms with E-state index in [-0.39, 0.29) is 5.92 Å². The predicted molar refractivity (Wildman–Crippen MR) is 119 cm³/mol. The van der Waals surface area contributed by atoms with Gasteiger partial charge in [-0.25, -0.2) is 0 Å². The summed E-state index contributed by atoms with van der Waals surface area (Å²) in [6, 6.07) is 18.8. The van der Waals surface area contributed by atoms with E-state index >= 15 is 0 Å². The second-order valence-electron chi connectivity index (χ2n) is 9.15. The molecule has 30 heavy (non-hydrogen) atoms. The van der Waals surface area contributed by atoms with E-state index in [0.29, 0.717) is 18.4 Å². The van der Waals surface area contributed by atoms with Crippen molar-refractivity contribution in [1.29, 1.82) is 0 Å². The molecule has 4 rings (SSSR count). The maximum Gasteiger partial charge on any atom is 0.226 e. The third-order valence-corrected chi connectivity index (χ3v) is 6.64. The third-order valence-electron chi connectivity index (χ3n) is 6.64. The van der Waals surface area contributed by atoms with E-state index in [1.165, 1.54) is 24.0 Å². The van der Waals surface area contributed by atoms with Crippen LogP contribution in [0.15, 0.2) is 54.6 Å². The molecule has 4 nitrogen and oxygen atoms in total. The molecule has 2 aliphatic heterocycles. The number of carbonyl (C=O) groups is 1. The Morgan fingerprint density at radius 3 is 2.43 bits per heavy atom. The van der Waals surface area contributed by atoms with E-state index in [1.807, 2.05) is 18.2 Å². The van der Waals surface area contributed by atoms with Gasteiger partial charge in [-0.1, -0.05) is 37.3 Å². The lowest BCUT2D eigenvalue weighted by molar-refractivity contribution is -0.919. The molecule has 4 heteroatoms. The van der Waals surface area contributed by atoms with Crippen LogP contribution in [0, 0.1) is 11.8 Å². The summed E-state index contributed by atoms with van der Waals surface area (Å²) >= 11 is 0. The van der Waals surface area contributed by atoms with Gasteiger partial charge in [0.2, 0.25) is 5.91 Å². The highest BCUT2D eigenvalue weighted by Crippen LogP contribution is 2.21. The molecular formula is C26H35N2O2+. The number of amides is 1. The van der Waals surface area contributed by atoms with Crippen molar-refractivity contribution in [1.82, 2.24) is 4.90 Å². The second kappa shape index (κ2) is 10.1. The normalized spacial score (nSPS) is 24.4. The minimum absolute atomic E-state index is 0.243. The number of quaternary nitrogens is 1. The first-order valence-corrected chi connectivity index (χ1v) is 11.6. The Balaban J connectivity index is 1.21.